The Morgan fingerprint density at radius 2 is 2.28 bits per heavy atom. The number of halogens is 1. The molecule has 0 aromatic heterocycles. The number of carbonyl (C=O) groups excluding carboxylic acids is 2. The van der Waals surface area contributed by atoms with Crippen LogP contribution in [-0.2, 0) is 4.79 Å². The highest BCUT2D eigenvalue weighted by Crippen LogP contribution is 2.33. The summed E-state index contributed by atoms with van der Waals surface area (Å²) in [6.45, 7) is 3.56. The predicted octanol–water partition coefficient (Wildman–Crippen LogP) is 2.35. The van der Waals surface area contributed by atoms with Crippen molar-refractivity contribution in [3.63, 3.8) is 0 Å². The molecule has 7 heteroatoms. The van der Waals surface area contributed by atoms with Gasteiger partial charge in [0.15, 0.2) is 11.6 Å². The van der Waals surface area contributed by atoms with Crippen LogP contribution in [0.3, 0.4) is 0 Å². The van der Waals surface area contributed by atoms with Gasteiger partial charge in [0.05, 0.1) is 12.6 Å². The third kappa shape index (κ3) is 4.21. The summed E-state index contributed by atoms with van der Waals surface area (Å²) in [6.07, 6.45) is 2.88. The smallest absolute Gasteiger partial charge is 0.315 e. The highest BCUT2D eigenvalue weighted by atomic mass is 19.1. The summed E-state index contributed by atoms with van der Waals surface area (Å²) in [7, 11) is 0. The lowest BCUT2D eigenvalue weighted by molar-refractivity contribution is -0.127. The van der Waals surface area contributed by atoms with Crippen LogP contribution in [0.25, 0.3) is 0 Å². The number of fused-ring (bicyclic) bond motifs is 1. The Labute approximate surface area is 146 Å². The molecule has 0 bridgehead atoms. The Hall–Kier alpha value is -2.31. The van der Waals surface area contributed by atoms with Crippen molar-refractivity contribution in [2.75, 3.05) is 19.7 Å². The number of amides is 3. The van der Waals surface area contributed by atoms with Crippen LogP contribution in [0.15, 0.2) is 18.2 Å². The lowest BCUT2D eigenvalue weighted by atomic mass is 10.0. The number of hydrogen-bond acceptors (Lipinski definition) is 3. The summed E-state index contributed by atoms with van der Waals surface area (Å²) >= 11 is 0. The summed E-state index contributed by atoms with van der Waals surface area (Å²) in [5.41, 5.74) is 0.662. The van der Waals surface area contributed by atoms with Crippen molar-refractivity contribution < 1.29 is 18.7 Å². The third-order valence-electron chi connectivity index (χ3n) is 4.60. The van der Waals surface area contributed by atoms with E-state index in [2.05, 4.69) is 10.6 Å². The van der Waals surface area contributed by atoms with Crippen LogP contribution in [0.5, 0.6) is 5.75 Å². The van der Waals surface area contributed by atoms with E-state index in [0.717, 1.165) is 19.4 Å². The number of likely N-dealkylation sites (tertiary alicyclic amines) is 1. The van der Waals surface area contributed by atoms with Gasteiger partial charge in [-0.1, -0.05) is 12.1 Å². The zero-order valence-corrected chi connectivity index (χ0v) is 14.4. The molecule has 136 valence electrons. The van der Waals surface area contributed by atoms with E-state index in [4.69, 9.17) is 4.74 Å². The third-order valence-corrected chi connectivity index (χ3v) is 4.60. The van der Waals surface area contributed by atoms with E-state index in [1.54, 1.807) is 17.0 Å². The maximum atomic E-state index is 13.9. The van der Waals surface area contributed by atoms with Crippen molar-refractivity contribution in [1.82, 2.24) is 15.5 Å². The zero-order valence-electron chi connectivity index (χ0n) is 14.4. The number of hydrogen-bond donors (Lipinski definition) is 2. The molecule has 6 nitrogen and oxygen atoms in total. The van der Waals surface area contributed by atoms with Gasteiger partial charge in [0.25, 0.3) is 0 Å². The van der Waals surface area contributed by atoms with Gasteiger partial charge >= 0.3 is 6.03 Å². The second-order valence-electron chi connectivity index (χ2n) is 6.66. The predicted molar refractivity (Wildman–Crippen MR) is 90.8 cm³/mol. The fourth-order valence-corrected chi connectivity index (χ4v) is 3.42. The first kappa shape index (κ1) is 17.5. The van der Waals surface area contributed by atoms with Crippen molar-refractivity contribution in [3.05, 3.63) is 29.6 Å². The number of nitrogens with one attached hydrogen (secondary N) is 2. The number of benzene rings is 1. The number of para-hydroxylation sites is 1. The second-order valence-corrected chi connectivity index (χ2v) is 6.66. The molecule has 0 saturated carbocycles. The summed E-state index contributed by atoms with van der Waals surface area (Å²) in [5, 5.41) is 5.77. The van der Waals surface area contributed by atoms with Gasteiger partial charge in [-0.15, -0.1) is 0 Å². The maximum Gasteiger partial charge on any atom is 0.315 e. The molecule has 2 heterocycles. The van der Waals surface area contributed by atoms with Crippen LogP contribution < -0.4 is 15.4 Å². The summed E-state index contributed by atoms with van der Waals surface area (Å²) in [6, 6.07) is 3.99. The molecule has 0 radical (unpaired) electrons. The molecule has 3 amide bonds. The average Bonchev–Trinajstić information content (AvgIpc) is 2.84. The molecular formula is C18H24FN3O3. The minimum absolute atomic E-state index is 0.138. The molecule has 1 aromatic rings. The van der Waals surface area contributed by atoms with Gasteiger partial charge in [-0.3, -0.25) is 4.79 Å². The minimum atomic E-state index is -0.410. The first-order valence-corrected chi connectivity index (χ1v) is 8.80. The number of ether oxygens (including phenoxy) is 1. The van der Waals surface area contributed by atoms with Gasteiger partial charge in [-0.05, 0) is 32.3 Å². The van der Waals surface area contributed by atoms with Crippen LogP contribution in [0.4, 0.5) is 9.18 Å². The van der Waals surface area contributed by atoms with Gasteiger partial charge in [-0.25, -0.2) is 9.18 Å². The maximum absolute atomic E-state index is 13.9. The molecule has 0 unspecified atom stereocenters. The molecule has 3 rings (SSSR count). The normalized spacial score (nSPS) is 21.1. The van der Waals surface area contributed by atoms with Crippen LogP contribution in [-0.4, -0.2) is 42.6 Å². The standard InChI is InChI=1S/C18H24FN3O3/c1-12(11-22-9-3-8-16(22)23)20-18(24)21-15-7-4-10-25-17-13(15)5-2-6-14(17)19/h2,5-6,12,15H,3-4,7-11H2,1H3,(H2,20,21,24)/t12-,15+/m0/s1. The Morgan fingerprint density at radius 3 is 3.04 bits per heavy atom. The van der Waals surface area contributed by atoms with Gasteiger partial charge < -0.3 is 20.3 Å². The Balaban J connectivity index is 1.59. The van der Waals surface area contributed by atoms with E-state index in [9.17, 15) is 14.0 Å². The second kappa shape index (κ2) is 7.72. The van der Waals surface area contributed by atoms with E-state index in [0.29, 0.717) is 31.6 Å². The van der Waals surface area contributed by atoms with E-state index < -0.39 is 5.82 Å². The molecule has 1 fully saturated rings. The molecule has 2 N–H and O–H groups in total. The number of nitrogens with zero attached hydrogens (tertiary/aromatic N) is 1. The highest BCUT2D eigenvalue weighted by Gasteiger charge is 2.25. The molecule has 1 aromatic carbocycles. The molecule has 2 atom stereocenters. The molecule has 0 aliphatic carbocycles. The molecule has 2 aliphatic rings. The van der Waals surface area contributed by atoms with Crippen molar-refractivity contribution in [3.8, 4) is 5.75 Å². The van der Waals surface area contributed by atoms with E-state index >= 15 is 0 Å². The summed E-state index contributed by atoms with van der Waals surface area (Å²) < 4.78 is 19.4. The van der Waals surface area contributed by atoms with E-state index in [1.807, 2.05) is 6.92 Å². The van der Waals surface area contributed by atoms with Crippen LogP contribution >= 0.6 is 0 Å². The molecular weight excluding hydrogens is 325 g/mol. The summed E-state index contributed by atoms with van der Waals surface area (Å²) in [5.74, 6) is -0.0482. The lowest BCUT2D eigenvalue weighted by Gasteiger charge is -2.24. The average molecular weight is 349 g/mol. The zero-order chi connectivity index (χ0) is 17.8. The van der Waals surface area contributed by atoms with Gasteiger partial charge in [0.1, 0.15) is 0 Å². The van der Waals surface area contributed by atoms with Crippen molar-refractivity contribution >= 4 is 11.9 Å². The van der Waals surface area contributed by atoms with Gasteiger partial charge in [0, 0.05) is 31.1 Å². The fraction of sp³-hybridized carbons (Fsp3) is 0.556. The van der Waals surface area contributed by atoms with Crippen LogP contribution in [0.1, 0.15) is 44.2 Å². The van der Waals surface area contributed by atoms with Crippen molar-refractivity contribution in [2.45, 2.75) is 44.7 Å². The van der Waals surface area contributed by atoms with Crippen LogP contribution in [0.2, 0.25) is 0 Å². The van der Waals surface area contributed by atoms with Gasteiger partial charge in [-0.2, -0.15) is 0 Å². The number of rotatable bonds is 4. The fourth-order valence-electron chi connectivity index (χ4n) is 3.42. The van der Waals surface area contributed by atoms with Crippen molar-refractivity contribution in [2.24, 2.45) is 0 Å². The largest absolute Gasteiger partial charge is 0.490 e. The van der Waals surface area contributed by atoms with E-state index in [-0.39, 0.29) is 29.8 Å². The quantitative estimate of drug-likeness (QED) is 0.877. The van der Waals surface area contributed by atoms with Crippen LogP contribution in [0, 0.1) is 5.82 Å². The molecule has 25 heavy (non-hydrogen) atoms. The number of carbonyl (C=O) groups is 2. The first-order valence-electron chi connectivity index (χ1n) is 8.80. The topological polar surface area (TPSA) is 70.7 Å². The van der Waals surface area contributed by atoms with Gasteiger partial charge in [0.2, 0.25) is 5.91 Å². The number of urea groups is 1. The lowest BCUT2D eigenvalue weighted by Crippen LogP contribution is -2.47. The molecule has 2 aliphatic heterocycles. The minimum Gasteiger partial charge on any atom is -0.490 e. The molecule has 1 saturated heterocycles. The molecule has 0 spiro atoms. The highest BCUT2D eigenvalue weighted by molar-refractivity contribution is 5.78. The SMILES string of the molecule is C[C@@H](CN1CCCC1=O)NC(=O)N[C@@H]1CCCOc2c(F)cccc21. The van der Waals surface area contributed by atoms with Crippen molar-refractivity contribution in [1.29, 1.82) is 0 Å². The summed E-state index contributed by atoms with van der Waals surface area (Å²) in [4.78, 5) is 25.8. The Bertz CT molecular complexity index is 652. The van der Waals surface area contributed by atoms with E-state index in [1.165, 1.54) is 6.07 Å². The Kier molecular flexibility index (Phi) is 5.40. The monoisotopic (exact) mass is 349 g/mol. The Morgan fingerprint density at radius 1 is 1.44 bits per heavy atom. The first-order chi connectivity index (χ1) is 12.0.